The third-order valence-corrected chi connectivity index (χ3v) is 3.08. The molecule has 0 aliphatic carbocycles. The van der Waals surface area contributed by atoms with Crippen LogP contribution < -0.4 is 5.32 Å². The average molecular weight is 256 g/mol. The fourth-order valence-electron chi connectivity index (χ4n) is 1.75. The molecule has 1 saturated heterocycles. The molecule has 0 bridgehead atoms. The van der Waals surface area contributed by atoms with E-state index in [0.717, 1.165) is 10.7 Å². The van der Waals surface area contributed by atoms with Gasteiger partial charge in [-0.15, -0.1) is 0 Å². The molecule has 94 valence electrons. The van der Waals surface area contributed by atoms with Crippen molar-refractivity contribution in [3.8, 4) is 0 Å². The zero-order chi connectivity index (χ0) is 12.5. The molecule has 1 N–H and O–H groups in total. The first-order valence-corrected chi connectivity index (χ1v) is 6.15. The first-order valence-electron chi connectivity index (χ1n) is 5.77. The highest BCUT2D eigenvalue weighted by Gasteiger charge is 2.28. The van der Waals surface area contributed by atoms with Crippen molar-refractivity contribution >= 4 is 17.3 Å². The van der Waals surface area contributed by atoms with Gasteiger partial charge in [0.1, 0.15) is 0 Å². The Morgan fingerprint density at radius 1 is 1.29 bits per heavy atom. The number of hydrogen-bond donors (Lipinski definition) is 1. The second-order valence-corrected chi connectivity index (χ2v) is 5.25. The maximum Gasteiger partial charge on any atom is 0.162 e. The molecule has 0 aromatic heterocycles. The maximum atomic E-state index is 6.13. The lowest BCUT2D eigenvalue weighted by molar-refractivity contribution is -0.247. The Kier molecular flexibility index (Phi) is 3.61. The van der Waals surface area contributed by atoms with Gasteiger partial charge >= 0.3 is 0 Å². The third-order valence-electron chi connectivity index (χ3n) is 2.75. The highest BCUT2D eigenvalue weighted by Crippen LogP contribution is 2.25. The van der Waals surface area contributed by atoms with E-state index in [9.17, 15) is 0 Å². The molecular formula is C13H18ClNO2. The van der Waals surface area contributed by atoms with Crippen LogP contribution in [-0.4, -0.2) is 25.0 Å². The van der Waals surface area contributed by atoms with Crippen molar-refractivity contribution in [3.05, 3.63) is 28.8 Å². The fraction of sp³-hybridized carbons (Fsp3) is 0.538. The van der Waals surface area contributed by atoms with Crippen LogP contribution in [0.25, 0.3) is 0 Å². The van der Waals surface area contributed by atoms with Gasteiger partial charge in [-0.1, -0.05) is 17.7 Å². The molecule has 0 saturated carbocycles. The zero-order valence-electron chi connectivity index (χ0n) is 10.4. The smallest absolute Gasteiger partial charge is 0.162 e. The molecular weight excluding hydrogens is 238 g/mol. The summed E-state index contributed by atoms with van der Waals surface area (Å²) >= 11 is 6.13. The van der Waals surface area contributed by atoms with Crippen molar-refractivity contribution in [3.63, 3.8) is 0 Å². The Morgan fingerprint density at radius 3 is 2.59 bits per heavy atom. The van der Waals surface area contributed by atoms with Gasteiger partial charge in [-0.05, 0) is 38.5 Å². The van der Waals surface area contributed by atoms with Crippen LogP contribution in [0, 0.1) is 6.92 Å². The number of rotatable bonds is 2. The van der Waals surface area contributed by atoms with Crippen LogP contribution in [0.4, 0.5) is 5.69 Å². The zero-order valence-corrected chi connectivity index (χ0v) is 11.2. The Labute approximate surface area is 107 Å². The molecule has 0 spiro atoms. The summed E-state index contributed by atoms with van der Waals surface area (Å²) < 4.78 is 11.2. The Morgan fingerprint density at radius 2 is 1.94 bits per heavy atom. The van der Waals surface area contributed by atoms with Crippen LogP contribution in [0.2, 0.25) is 5.02 Å². The normalized spacial score (nSPS) is 20.2. The van der Waals surface area contributed by atoms with E-state index in [1.54, 1.807) is 0 Å². The number of halogens is 1. The number of benzene rings is 1. The topological polar surface area (TPSA) is 30.5 Å². The molecule has 0 unspecified atom stereocenters. The summed E-state index contributed by atoms with van der Waals surface area (Å²) in [5.41, 5.74) is 2.11. The molecule has 1 fully saturated rings. The molecule has 1 heterocycles. The van der Waals surface area contributed by atoms with Gasteiger partial charge in [0.2, 0.25) is 0 Å². The summed E-state index contributed by atoms with van der Waals surface area (Å²) in [6, 6.07) is 6.06. The second kappa shape index (κ2) is 4.84. The highest BCUT2D eigenvalue weighted by atomic mass is 35.5. The van der Waals surface area contributed by atoms with Crippen molar-refractivity contribution in [2.24, 2.45) is 0 Å². The lowest BCUT2D eigenvalue weighted by Crippen LogP contribution is -2.45. The molecule has 1 aliphatic heterocycles. The van der Waals surface area contributed by atoms with Crippen molar-refractivity contribution in [2.45, 2.75) is 32.6 Å². The van der Waals surface area contributed by atoms with Gasteiger partial charge in [-0.3, -0.25) is 0 Å². The van der Waals surface area contributed by atoms with E-state index in [1.807, 2.05) is 39.0 Å². The summed E-state index contributed by atoms with van der Waals surface area (Å²) in [7, 11) is 0. The molecule has 0 radical (unpaired) electrons. The number of aryl methyl sites for hydroxylation is 1. The van der Waals surface area contributed by atoms with E-state index < -0.39 is 5.79 Å². The standard InChI is InChI=1S/C13H18ClNO2/c1-9-4-5-11(14)12(6-9)15-10-7-16-13(2,3)17-8-10/h4-6,10,15H,7-8H2,1-3H3. The van der Waals surface area contributed by atoms with Gasteiger partial charge in [0.25, 0.3) is 0 Å². The lowest BCUT2D eigenvalue weighted by Gasteiger charge is -2.35. The maximum absolute atomic E-state index is 6.13. The second-order valence-electron chi connectivity index (χ2n) is 4.85. The SMILES string of the molecule is Cc1ccc(Cl)c(NC2COC(C)(C)OC2)c1. The molecule has 4 heteroatoms. The Hall–Kier alpha value is -0.770. The van der Waals surface area contributed by atoms with E-state index >= 15 is 0 Å². The van der Waals surface area contributed by atoms with E-state index in [4.69, 9.17) is 21.1 Å². The van der Waals surface area contributed by atoms with E-state index in [2.05, 4.69) is 5.32 Å². The van der Waals surface area contributed by atoms with Crippen LogP contribution in [0.1, 0.15) is 19.4 Å². The monoisotopic (exact) mass is 255 g/mol. The highest BCUT2D eigenvalue weighted by molar-refractivity contribution is 6.33. The molecule has 3 nitrogen and oxygen atoms in total. The predicted molar refractivity (Wildman–Crippen MR) is 69.6 cm³/mol. The number of ether oxygens (including phenoxy) is 2. The van der Waals surface area contributed by atoms with E-state index in [0.29, 0.717) is 13.2 Å². The van der Waals surface area contributed by atoms with Crippen molar-refractivity contribution in [1.29, 1.82) is 0 Å². The van der Waals surface area contributed by atoms with Crippen LogP contribution in [0.5, 0.6) is 0 Å². The van der Waals surface area contributed by atoms with Crippen LogP contribution >= 0.6 is 11.6 Å². The minimum atomic E-state index is -0.478. The molecule has 1 aliphatic rings. The third kappa shape index (κ3) is 3.35. The van der Waals surface area contributed by atoms with Gasteiger partial charge < -0.3 is 14.8 Å². The van der Waals surface area contributed by atoms with Crippen molar-refractivity contribution in [1.82, 2.24) is 0 Å². The molecule has 0 amide bonds. The van der Waals surface area contributed by atoms with Crippen molar-refractivity contribution < 1.29 is 9.47 Å². The number of nitrogens with one attached hydrogen (secondary N) is 1. The van der Waals surface area contributed by atoms with Gasteiger partial charge in [0.15, 0.2) is 5.79 Å². The summed E-state index contributed by atoms with van der Waals surface area (Å²) in [4.78, 5) is 0. The molecule has 17 heavy (non-hydrogen) atoms. The van der Waals surface area contributed by atoms with Crippen LogP contribution in [-0.2, 0) is 9.47 Å². The minimum Gasteiger partial charge on any atom is -0.376 e. The number of anilines is 1. The lowest BCUT2D eigenvalue weighted by atomic mass is 10.2. The summed E-state index contributed by atoms with van der Waals surface area (Å²) in [5.74, 6) is -0.478. The van der Waals surface area contributed by atoms with Crippen LogP contribution in [0.15, 0.2) is 18.2 Å². The predicted octanol–water partition coefficient (Wildman–Crippen LogP) is 3.21. The Bertz CT molecular complexity index is 396. The van der Waals surface area contributed by atoms with Gasteiger partial charge in [-0.2, -0.15) is 0 Å². The van der Waals surface area contributed by atoms with E-state index in [-0.39, 0.29) is 6.04 Å². The first-order chi connectivity index (χ1) is 7.96. The molecule has 2 rings (SSSR count). The molecule has 1 aromatic rings. The summed E-state index contributed by atoms with van der Waals surface area (Å²) in [6.45, 7) is 7.12. The largest absolute Gasteiger partial charge is 0.376 e. The van der Waals surface area contributed by atoms with Gasteiger partial charge in [-0.25, -0.2) is 0 Å². The summed E-state index contributed by atoms with van der Waals surface area (Å²) in [5, 5.41) is 4.07. The number of hydrogen-bond acceptors (Lipinski definition) is 3. The quantitative estimate of drug-likeness (QED) is 0.880. The van der Waals surface area contributed by atoms with Gasteiger partial charge in [0.05, 0.1) is 30.0 Å². The first kappa shape index (κ1) is 12.7. The molecule has 1 aromatic carbocycles. The minimum absolute atomic E-state index is 0.141. The summed E-state index contributed by atoms with van der Waals surface area (Å²) in [6.07, 6.45) is 0. The van der Waals surface area contributed by atoms with E-state index in [1.165, 1.54) is 5.56 Å². The molecule has 0 atom stereocenters. The fourth-order valence-corrected chi connectivity index (χ4v) is 1.92. The van der Waals surface area contributed by atoms with Crippen molar-refractivity contribution in [2.75, 3.05) is 18.5 Å². The average Bonchev–Trinajstić information content (AvgIpc) is 2.26. The van der Waals surface area contributed by atoms with Gasteiger partial charge in [0, 0.05) is 0 Å². The Balaban J connectivity index is 2.00. The van der Waals surface area contributed by atoms with Crippen LogP contribution in [0.3, 0.4) is 0 Å².